The lowest BCUT2D eigenvalue weighted by molar-refractivity contribution is -0.121. The summed E-state index contributed by atoms with van der Waals surface area (Å²) in [7, 11) is 0. The summed E-state index contributed by atoms with van der Waals surface area (Å²) in [6.07, 6.45) is 3.39. The summed E-state index contributed by atoms with van der Waals surface area (Å²) in [5.41, 5.74) is 1.31. The summed E-state index contributed by atoms with van der Waals surface area (Å²) in [5.74, 6) is 0.781. The maximum absolute atomic E-state index is 11.3. The largest absolute Gasteiger partial charge is 0.347 e. The third kappa shape index (κ3) is 0.943. The van der Waals surface area contributed by atoms with Crippen molar-refractivity contribution in [1.82, 2.24) is 5.32 Å². The molecule has 0 spiro atoms. The molecule has 2 rings (SSSR count). The first-order valence-electron chi connectivity index (χ1n) is 5.37. The van der Waals surface area contributed by atoms with Gasteiger partial charge in [-0.2, -0.15) is 0 Å². The van der Waals surface area contributed by atoms with Crippen LogP contribution >= 0.6 is 0 Å². The van der Waals surface area contributed by atoms with Crippen LogP contribution in [0.5, 0.6) is 0 Å². The van der Waals surface area contributed by atoms with Crippen molar-refractivity contribution >= 4 is 5.91 Å². The summed E-state index contributed by atoms with van der Waals surface area (Å²) in [6.45, 7) is 10.3. The van der Waals surface area contributed by atoms with E-state index < -0.39 is 0 Å². The SMILES string of the molecule is C=C1C[C@@H]2CC[C@@]1(NC(C)=O)C2(C)C. The number of rotatable bonds is 1. The number of carbonyl (C=O) groups excluding carboxylic acids is 1. The second-order valence-corrected chi connectivity index (χ2v) is 5.35. The minimum atomic E-state index is -0.108. The Hall–Kier alpha value is -0.790. The van der Waals surface area contributed by atoms with Crippen LogP contribution in [-0.4, -0.2) is 11.4 Å². The molecular weight excluding hydrogens is 174 g/mol. The van der Waals surface area contributed by atoms with E-state index in [0.29, 0.717) is 5.92 Å². The Bertz CT molecular complexity index is 305. The Morgan fingerprint density at radius 2 is 2.21 bits per heavy atom. The number of hydrogen-bond donors (Lipinski definition) is 1. The van der Waals surface area contributed by atoms with Crippen molar-refractivity contribution in [1.29, 1.82) is 0 Å². The minimum absolute atomic E-state index is 0.0711. The van der Waals surface area contributed by atoms with E-state index in [0.717, 1.165) is 12.8 Å². The third-order valence-electron chi connectivity index (χ3n) is 4.47. The van der Waals surface area contributed by atoms with Gasteiger partial charge in [-0.25, -0.2) is 0 Å². The Morgan fingerprint density at radius 1 is 1.57 bits per heavy atom. The minimum Gasteiger partial charge on any atom is -0.347 e. The molecule has 0 aromatic rings. The van der Waals surface area contributed by atoms with E-state index in [-0.39, 0.29) is 16.9 Å². The average Bonchev–Trinajstić information content (AvgIpc) is 2.36. The Balaban J connectivity index is 2.39. The van der Waals surface area contributed by atoms with E-state index >= 15 is 0 Å². The fourth-order valence-corrected chi connectivity index (χ4v) is 3.50. The zero-order chi connectivity index (χ0) is 10.6. The number of carbonyl (C=O) groups is 1. The zero-order valence-electron chi connectivity index (χ0n) is 9.31. The van der Waals surface area contributed by atoms with Crippen LogP contribution in [0.15, 0.2) is 12.2 Å². The van der Waals surface area contributed by atoms with E-state index in [1.54, 1.807) is 6.92 Å². The van der Waals surface area contributed by atoms with E-state index in [4.69, 9.17) is 0 Å². The van der Waals surface area contributed by atoms with Gasteiger partial charge in [0, 0.05) is 6.92 Å². The molecule has 2 nitrogen and oxygen atoms in total. The molecule has 14 heavy (non-hydrogen) atoms. The summed E-state index contributed by atoms with van der Waals surface area (Å²) in [5, 5.41) is 3.15. The highest BCUT2D eigenvalue weighted by Crippen LogP contribution is 2.62. The van der Waals surface area contributed by atoms with Gasteiger partial charge in [0.25, 0.3) is 0 Å². The lowest BCUT2D eigenvalue weighted by Gasteiger charge is -2.39. The van der Waals surface area contributed by atoms with Crippen LogP contribution in [0.2, 0.25) is 0 Å². The second kappa shape index (κ2) is 2.62. The van der Waals surface area contributed by atoms with Gasteiger partial charge in [-0.3, -0.25) is 4.79 Å². The lowest BCUT2D eigenvalue weighted by Crippen LogP contribution is -2.53. The van der Waals surface area contributed by atoms with Gasteiger partial charge < -0.3 is 5.32 Å². The highest BCUT2D eigenvalue weighted by molar-refractivity contribution is 5.75. The van der Waals surface area contributed by atoms with Gasteiger partial charge in [-0.1, -0.05) is 26.0 Å². The quantitative estimate of drug-likeness (QED) is 0.636. The van der Waals surface area contributed by atoms with Crippen molar-refractivity contribution in [3.63, 3.8) is 0 Å². The summed E-state index contributed by atoms with van der Waals surface area (Å²) < 4.78 is 0. The van der Waals surface area contributed by atoms with E-state index in [1.807, 2.05) is 0 Å². The van der Waals surface area contributed by atoms with Crippen molar-refractivity contribution in [2.75, 3.05) is 0 Å². The van der Waals surface area contributed by atoms with Gasteiger partial charge in [-0.05, 0) is 30.6 Å². The molecule has 2 aliphatic carbocycles. The molecule has 78 valence electrons. The molecule has 0 radical (unpaired) electrons. The third-order valence-corrected chi connectivity index (χ3v) is 4.47. The normalized spacial score (nSPS) is 38.8. The predicted octanol–water partition coefficient (Wildman–Crippen LogP) is 2.26. The molecule has 0 heterocycles. The first kappa shape index (κ1) is 9.75. The summed E-state index contributed by atoms with van der Waals surface area (Å²) >= 11 is 0. The molecular formula is C12H19NO. The molecule has 1 amide bonds. The van der Waals surface area contributed by atoms with Crippen LogP contribution < -0.4 is 5.32 Å². The van der Waals surface area contributed by atoms with E-state index in [9.17, 15) is 4.79 Å². The van der Waals surface area contributed by atoms with Gasteiger partial charge in [0.2, 0.25) is 5.91 Å². The molecule has 0 aromatic carbocycles. The van der Waals surface area contributed by atoms with E-state index in [2.05, 4.69) is 25.7 Å². The highest BCUT2D eigenvalue weighted by Gasteiger charge is 2.61. The Labute approximate surface area is 85.8 Å². The van der Waals surface area contributed by atoms with Crippen molar-refractivity contribution in [3.8, 4) is 0 Å². The van der Waals surface area contributed by atoms with Crippen LogP contribution in [0.3, 0.4) is 0 Å². The average molecular weight is 193 g/mol. The molecule has 2 fully saturated rings. The molecule has 2 aliphatic rings. The monoisotopic (exact) mass is 193 g/mol. The maximum Gasteiger partial charge on any atom is 0.217 e. The van der Waals surface area contributed by atoms with Crippen molar-refractivity contribution in [3.05, 3.63) is 12.2 Å². The fraction of sp³-hybridized carbons (Fsp3) is 0.750. The number of hydrogen-bond acceptors (Lipinski definition) is 1. The summed E-state index contributed by atoms with van der Waals surface area (Å²) in [6, 6.07) is 0. The topological polar surface area (TPSA) is 29.1 Å². The van der Waals surface area contributed by atoms with Crippen molar-refractivity contribution < 1.29 is 4.79 Å². The number of amides is 1. The van der Waals surface area contributed by atoms with Gasteiger partial charge in [-0.15, -0.1) is 0 Å². The van der Waals surface area contributed by atoms with Gasteiger partial charge >= 0.3 is 0 Å². The smallest absolute Gasteiger partial charge is 0.217 e. The van der Waals surface area contributed by atoms with Crippen LogP contribution in [0, 0.1) is 11.3 Å². The molecule has 2 atom stereocenters. The standard InChI is InChI=1S/C12H19NO/c1-8-7-10-5-6-12(8,11(10,3)4)13-9(2)14/h10H,1,5-7H2,2-4H3,(H,13,14)/t10-,12-/m0/s1. The fourth-order valence-electron chi connectivity index (χ4n) is 3.50. The first-order valence-corrected chi connectivity index (χ1v) is 5.37. The lowest BCUT2D eigenvalue weighted by atomic mass is 9.75. The number of nitrogens with one attached hydrogen (secondary N) is 1. The van der Waals surface area contributed by atoms with Crippen molar-refractivity contribution in [2.45, 2.75) is 45.6 Å². The predicted molar refractivity (Wildman–Crippen MR) is 56.8 cm³/mol. The Morgan fingerprint density at radius 3 is 2.57 bits per heavy atom. The molecule has 0 aromatic heterocycles. The van der Waals surface area contributed by atoms with E-state index in [1.165, 1.54) is 12.0 Å². The molecule has 0 saturated heterocycles. The molecule has 2 saturated carbocycles. The second-order valence-electron chi connectivity index (χ2n) is 5.35. The van der Waals surface area contributed by atoms with Crippen LogP contribution in [0.25, 0.3) is 0 Å². The first-order chi connectivity index (χ1) is 6.40. The van der Waals surface area contributed by atoms with Crippen LogP contribution in [0.4, 0.5) is 0 Å². The van der Waals surface area contributed by atoms with Gasteiger partial charge in [0.05, 0.1) is 5.54 Å². The summed E-state index contributed by atoms with van der Waals surface area (Å²) in [4.78, 5) is 11.3. The van der Waals surface area contributed by atoms with Gasteiger partial charge in [0.1, 0.15) is 0 Å². The Kier molecular flexibility index (Phi) is 1.82. The molecule has 0 unspecified atom stereocenters. The molecule has 1 N–H and O–H groups in total. The molecule has 0 aliphatic heterocycles. The highest BCUT2D eigenvalue weighted by atomic mass is 16.1. The molecule has 2 heteroatoms. The molecule has 2 bridgehead atoms. The number of fused-ring (bicyclic) bond motifs is 2. The van der Waals surface area contributed by atoms with Gasteiger partial charge in [0.15, 0.2) is 0 Å². The van der Waals surface area contributed by atoms with Crippen LogP contribution in [-0.2, 0) is 4.79 Å². The van der Waals surface area contributed by atoms with Crippen LogP contribution in [0.1, 0.15) is 40.0 Å². The van der Waals surface area contributed by atoms with Crippen molar-refractivity contribution in [2.24, 2.45) is 11.3 Å². The maximum atomic E-state index is 11.3. The zero-order valence-corrected chi connectivity index (χ0v) is 9.31.